The van der Waals surface area contributed by atoms with Gasteiger partial charge in [0.05, 0.1) is 0 Å². The second kappa shape index (κ2) is 4.65. The van der Waals surface area contributed by atoms with Gasteiger partial charge in [0, 0.05) is 22.9 Å². The summed E-state index contributed by atoms with van der Waals surface area (Å²) in [5.41, 5.74) is 0.196. The molecule has 0 aliphatic carbocycles. The molecular weight excluding hydrogens is 250 g/mol. The lowest BCUT2D eigenvalue weighted by Gasteiger charge is -2.08. The van der Waals surface area contributed by atoms with Crippen molar-refractivity contribution in [3.8, 4) is 17.2 Å². The highest BCUT2D eigenvalue weighted by atomic mass is 19.1. The Morgan fingerprint density at radius 1 is 1.11 bits per heavy atom. The number of aryl methyl sites for hydroxylation is 2. The fourth-order valence-electron chi connectivity index (χ4n) is 1.88. The maximum atomic E-state index is 13.8. The van der Waals surface area contributed by atoms with Crippen molar-refractivity contribution in [1.29, 1.82) is 5.26 Å². The summed E-state index contributed by atoms with van der Waals surface area (Å²) < 4.78 is 27.1. The van der Waals surface area contributed by atoms with Crippen molar-refractivity contribution in [2.24, 2.45) is 0 Å². The van der Waals surface area contributed by atoms with E-state index >= 15 is 0 Å². The Hall–Kier alpha value is -2.48. The van der Waals surface area contributed by atoms with Crippen LogP contribution in [0.1, 0.15) is 16.8 Å². The van der Waals surface area contributed by atoms with E-state index in [1.165, 1.54) is 19.1 Å². The van der Waals surface area contributed by atoms with E-state index in [-0.39, 0.29) is 22.3 Å². The Morgan fingerprint density at radius 2 is 1.79 bits per heavy atom. The summed E-state index contributed by atoms with van der Waals surface area (Å²) in [6, 6.07) is 5.29. The number of H-pyrrole nitrogens is 1. The monoisotopic (exact) mass is 260 g/mol. The minimum Gasteiger partial charge on any atom is -0.325 e. The molecule has 0 radical (unpaired) electrons. The van der Waals surface area contributed by atoms with E-state index in [1.807, 2.05) is 0 Å². The first kappa shape index (κ1) is 13.0. The molecule has 19 heavy (non-hydrogen) atoms. The molecule has 0 spiro atoms. The van der Waals surface area contributed by atoms with E-state index in [0.29, 0.717) is 5.69 Å². The van der Waals surface area contributed by atoms with Crippen LogP contribution in [-0.4, -0.2) is 4.98 Å². The summed E-state index contributed by atoms with van der Waals surface area (Å²) in [4.78, 5) is 14.1. The molecule has 1 aromatic carbocycles. The largest absolute Gasteiger partial charge is 0.325 e. The number of pyridine rings is 1. The Balaban J connectivity index is 2.83. The smallest absolute Gasteiger partial charge is 0.266 e. The highest BCUT2D eigenvalue weighted by Crippen LogP contribution is 2.27. The number of nitriles is 1. The first-order chi connectivity index (χ1) is 8.93. The van der Waals surface area contributed by atoms with Crippen LogP contribution in [0.15, 0.2) is 23.0 Å². The van der Waals surface area contributed by atoms with E-state index in [2.05, 4.69) is 4.98 Å². The zero-order valence-electron chi connectivity index (χ0n) is 10.3. The SMILES string of the molecule is Cc1cc(-c2cc(C)c(F)cc2F)c(C#N)c(=O)[nH]1. The van der Waals surface area contributed by atoms with Crippen LogP contribution in [-0.2, 0) is 0 Å². The molecule has 0 aliphatic heterocycles. The highest BCUT2D eigenvalue weighted by Gasteiger charge is 2.15. The van der Waals surface area contributed by atoms with Crippen LogP contribution in [0.4, 0.5) is 8.78 Å². The Labute approximate surface area is 108 Å². The number of aromatic amines is 1. The fraction of sp³-hybridized carbons (Fsp3) is 0.143. The summed E-state index contributed by atoms with van der Waals surface area (Å²) in [6.45, 7) is 3.12. The zero-order valence-corrected chi connectivity index (χ0v) is 10.3. The molecule has 96 valence electrons. The number of nitrogens with one attached hydrogen (secondary N) is 1. The predicted molar refractivity (Wildman–Crippen MR) is 66.6 cm³/mol. The van der Waals surface area contributed by atoms with Gasteiger partial charge in [-0.15, -0.1) is 0 Å². The van der Waals surface area contributed by atoms with Crippen molar-refractivity contribution >= 4 is 0 Å². The number of benzene rings is 1. The third-order valence-electron chi connectivity index (χ3n) is 2.82. The van der Waals surface area contributed by atoms with E-state index < -0.39 is 17.2 Å². The van der Waals surface area contributed by atoms with Gasteiger partial charge < -0.3 is 4.98 Å². The summed E-state index contributed by atoms with van der Waals surface area (Å²) in [6.07, 6.45) is 0. The lowest BCUT2D eigenvalue weighted by molar-refractivity contribution is 0.579. The van der Waals surface area contributed by atoms with Gasteiger partial charge in [-0.2, -0.15) is 5.26 Å². The number of rotatable bonds is 1. The summed E-state index contributed by atoms with van der Waals surface area (Å²) in [5.74, 6) is -1.47. The standard InChI is InChI=1S/C14H10F2N2O/c1-7-3-10(13(16)5-12(7)15)9-4-8(2)18-14(19)11(9)6-17/h3-5H,1-2H3,(H,18,19). The minimum atomic E-state index is -0.801. The number of halogens is 2. The van der Waals surface area contributed by atoms with Crippen LogP contribution in [0.3, 0.4) is 0 Å². The van der Waals surface area contributed by atoms with Gasteiger partial charge in [-0.25, -0.2) is 8.78 Å². The van der Waals surface area contributed by atoms with Gasteiger partial charge >= 0.3 is 0 Å². The molecule has 0 saturated carbocycles. The van der Waals surface area contributed by atoms with E-state index in [9.17, 15) is 13.6 Å². The molecule has 1 heterocycles. The van der Waals surface area contributed by atoms with Crippen LogP contribution in [0.2, 0.25) is 0 Å². The first-order valence-corrected chi connectivity index (χ1v) is 5.54. The molecule has 0 unspecified atom stereocenters. The van der Waals surface area contributed by atoms with Crippen LogP contribution in [0.5, 0.6) is 0 Å². The third kappa shape index (κ3) is 2.25. The third-order valence-corrected chi connectivity index (χ3v) is 2.82. The maximum Gasteiger partial charge on any atom is 0.266 e. The van der Waals surface area contributed by atoms with E-state index in [1.54, 1.807) is 13.0 Å². The average molecular weight is 260 g/mol. The van der Waals surface area contributed by atoms with Crippen LogP contribution in [0.25, 0.3) is 11.1 Å². The van der Waals surface area contributed by atoms with Crippen molar-refractivity contribution in [2.75, 3.05) is 0 Å². The molecule has 1 aromatic heterocycles. The van der Waals surface area contributed by atoms with Crippen molar-refractivity contribution < 1.29 is 8.78 Å². The fourth-order valence-corrected chi connectivity index (χ4v) is 1.88. The number of nitrogens with zero attached hydrogens (tertiary/aromatic N) is 1. The molecule has 0 bridgehead atoms. The van der Waals surface area contributed by atoms with Crippen molar-refractivity contribution in [2.45, 2.75) is 13.8 Å². The predicted octanol–water partition coefficient (Wildman–Crippen LogP) is 2.81. The Kier molecular flexibility index (Phi) is 3.17. The topological polar surface area (TPSA) is 56.6 Å². The summed E-state index contributed by atoms with van der Waals surface area (Å²) in [5, 5.41) is 9.00. The van der Waals surface area contributed by atoms with Crippen molar-refractivity contribution in [1.82, 2.24) is 4.98 Å². The van der Waals surface area contributed by atoms with Gasteiger partial charge in [-0.1, -0.05) is 0 Å². The molecule has 2 rings (SSSR count). The summed E-state index contributed by atoms with van der Waals surface area (Å²) >= 11 is 0. The number of aromatic nitrogens is 1. The highest BCUT2D eigenvalue weighted by molar-refractivity contribution is 5.71. The number of hydrogen-bond acceptors (Lipinski definition) is 2. The molecule has 3 nitrogen and oxygen atoms in total. The first-order valence-electron chi connectivity index (χ1n) is 5.54. The van der Waals surface area contributed by atoms with E-state index in [0.717, 1.165) is 6.07 Å². The van der Waals surface area contributed by atoms with Crippen molar-refractivity contribution in [3.63, 3.8) is 0 Å². The second-order valence-electron chi connectivity index (χ2n) is 4.26. The Morgan fingerprint density at radius 3 is 2.42 bits per heavy atom. The van der Waals surface area contributed by atoms with Gasteiger partial charge in [-0.3, -0.25) is 4.79 Å². The lowest BCUT2D eigenvalue weighted by atomic mass is 9.98. The second-order valence-corrected chi connectivity index (χ2v) is 4.26. The molecule has 5 heteroatoms. The van der Waals surface area contributed by atoms with Crippen LogP contribution >= 0.6 is 0 Å². The van der Waals surface area contributed by atoms with Crippen LogP contribution in [0, 0.1) is 36.8 Å². The quantitative estimate of drug-likeness (QED) is 0.857. The molecule has 0 aliphatic rings. The minimum absolute atomic E-state index is 0.0460. The molecule has 0 fully saturated rings. The zero-order chi connectivity index (χ0) is 14.2. The molecule has 0 amide bonds. The van der Waals surface area contributed by atoms with Gasteiger partial charge in [0.1, 0.15) is 23.3 Å². The van der Waals surface area contributed by atoms with Gasteiger partial charge in [-0.05, 0) is 31.5 Å². The Bertz CT molecular complexity index is 757. The van der Waals surface area contributed by atoms with Crippen molar-refractivity contribution in [3.05, 3.63) is 57.0 Å². The summed E-state index contributed by atoms with van der Waals surface area (Å²) in [7, 11) is 0. The van der Waals surface area contributed by atoms with Crippen LogP contribution < -0.4 is 5.56 Å². The lowest BCUT2D eigenvalue weighted by Crippen LogP contribution is -2.13. The molecule has 1 N–H and O–H groups in total. The molecule has 0 atom stereocenters. The average Bonchev–Trinajstić information content (AvgIpc) is 2.33. The molecular formula is C14H10F2N2O. The normalized spacial score (nSPS) is 10.3. The van der Waals surface area contributed by atoms with Gasteiger partial charge in [0.2, 0.25) is 0 Å². The molecule has 0 saturated heterocycles. The van der Waals surface area contributed by atoms with Gasteiger partial charge in [0.25, 0.3) is 5.56 Å². The maximum absolute atomic E-state index is 13.8. The van der Waals surface area contributed by atoms with E-state index in [4.69, 9.17) is 5.26 Å². The number of hydrogen-bond donors (Lipinski definition) is 1. The van der Waals surface area contributed by atoms with Gasteiger partial charge in [0.15, 0.2) is 0 Å². The molecule has 2 aromatic rings.